The molecule has 1 aromatic heterocycles. The smallest absolute Gasteiger partial charge is 0.191 e. The minimum atomic E-state index is 0. The van der Waals surface area contributed by atoms with Gasteiger partial charge in [-0.25, -0.2) is 0 Å². The summed E-state index contributed by atoms with van der Waals surface area (Å²) in [5.74, 6) is 1.71. The van der Waals surface area contributed by atoms with Crippen molar-refractivity contribution in [1.29, 1.82) is 0 Å². The van der Waals surface area contributed by atoms with Gasteiger partial charge >= 0.3 is 0 Å². The Morgan fingerprint density at radius 1 is 1.24 bits per heavy atom. The van der Waals surface area contributed by atoms with Gasteiger partial charge in [-0.05, 0) is 37.3 Å². The summed E-state index contributed by atoms with van der Waals surface area (Å²) in [4.78, 5) is 4.21. The molecule has 0 atom stereocenters. The lowest BCUT2D eigenvalue weighted by atomic mass is 10.4. The lowest BCUT2D eigenvalue weighted by Gasteiger charge is -2.12. The van der Waals surface area contributed by atoms with Gasteiger partial charge < -0.3 is 19.9 Å². The number of nitrogens with zero attached hydrogens (tertiary/aromatic N) is 2. The summed E-state index contributed by atoms with van der Waals surface area (Å²) in [6, 6.07) is 4.07. The SMILES string of the molecule is CN=C(NCCCOCC1CC1)NCCn1cccc1.I. The molecule has 0 unspecified atom stereocenters. The predicted molar refractivity (Wildman–Crippen MR) is 97.4 cm³/mol. The van der Waals surface area contributed by atoms with Gasteiger partial charge in [-0.2, -0.15) is 0 Å². The molecule has 5 nitrogen and oxygen atoms in total. The van der Waals surface area contributed by atoms with Crippen molar-refractivity contribution in [3.8, 4) is 0 Å². The van der Waals surface area contributed by atoms with Gasteiger partial charge in [0.1, 0.15) is 0 Å². The summed E-state index contributed by atoms with van der Waals surface area (Å²) in [6.07, 6.45) is 7.86. The number of aliphatic imine (C=N–C) groups is 1. The molecule has 0 saturated heterocycles. The molecule has 1 heterocycles. The van der Waals surface area contributed by atoms with E-state index >= 15 is 0 Å². The molecule has 0 amide bonds. The highest BCUT2D eigenvalue weighted by Crippen LogP contribution is 2.28. The van der Waals surface area contributed by atoms with Crippen molar-refractivity contribution in [3.63, 3.8) is 0 Å². The van der Waals surface area contributed by atoms with Crippen LogP contribution < -0.4 is 10.6 Å². The summed E-state index contributed by atoms with van der Waals surface area (Å²) in [7, 11) is 1.80. The Balaban J connectivity index is 0.00000220. The molecule has 0 aromatic carbocycles. The highest BCUT2D eigenvalue weighted by Gasteiger charge is 2.20. The number of aromatic nitrogens is 1. The molecule has 2 N–H and O–H groups in total. The van der Waals surface area contributed by atoms with E-state index in [1.165, 1.54) is 12.8 Å². The van der Waals surface area contributed by atoms with Gasteiger partial charge in [0.25, 0.3) is 0 Å². The molecule has 1 aliphatic carbocycles. The maximum Gasteiger partial charge on any atom is 0.191 e. The summed E-state index contributed by atoms with van der Waals surface area (Å²) in [6.45, 7) is 4.49. The number of hydrogen-bond donors (Lipinski definition) is 2. The zero-order valence-electron chi connectivity index (χ0n) is 12.8. The molecule has 6 heteroatoms. The molecule has 120 valence electrons. The maximum atomic E-state index is 5.60. The average molecular weight is 406 g/mol. The van der Waals surface area contributed by atoms with E-state index in [9.17, 15) is 0 Å². The van der Waals surface area contributed by atoms with Crippen molar-refractivity contribution in [1.82, 2.24) is 15.2 Å². The third-order valence-electron chi connectivity index (χ3n) is 3.36. The Morgan fingerprint density at radius 3 is 2.62 bits per heavy atom. The molecule has 1 fully saturated rings. The molecule has 1 aliphatic rings. The van der Waals surface area contributed by atoms with E-state index in [1.807, 2.05) is 12.1 Å². The molecule has 0 bridgehead atoms. The minimum Gasteiger partial charge on any atom is -0.381 e. The zero-order valence-corrected chi connectivity index (χ0v) is 15.1. The number of halogens is 1. The maximum absolute atomic E-state index is 5.60. The van der Waals surface area contributed by atoms with Gasteiger partial charge in [0.15, 0.2) is 5.96 Å². The molecule has 2 rings (SSSR count). The summed E-state index contributed by atoms with van der Waals surface area (Å²) >= 11 is 0. The van der Waals surface area contributed by atoms with Gasteiger partial charge in [0.05, 0.1) is 0 Å². The van der Waals surface area contributed by atoms with E-state index < -0.39 is 0 Å². The van der Waals surface area contributed by atoms with Crippen molar-refractivity contribution in [3.05, 3.63) is 24.5 Å². The normalized spacial score (nSPS) is 14.6. The number of hydrogen-bond acceptors (Lipinski definition) is 2. The Hall–Kier alpha value is -0.760. The zero-order chi connectivity index (χ0) is 14.0. The van der Waals surface area contributed by atoms with Crippen molar-refractivity contribution >= 4 is 29.9 Å². The summed E-state index contributed by atoms with van der Waals surface area (Å²) in [5, 5.41) is 6.61. The first-order valence-electron chi connectivity index (χ1n) is 7.51. The molecule has 0 aliphatic heterocycles. The quantitative estimate of drug-likeness (QED) is 0.286. The largest absolute Gasteiger partial charge is 0.381 e. The lowest BCUT2D eigenvalue weighted by molar-refractivity contribution is 0.123. The van der Waals surface area contributed by atoms with Crippen LogP contribution in [0.4, 0.5) is 0 Å². The predicted octanol–water partition coefficient (Wildman–Crippen LogP) is 2.09. The fourth-order valence-electron chi connectivity index (χ4n) is 1.96. The van der Waals surface area contributed by atoms with E-state index in [0.717, 1.165) is 51.1 Å². The standard InChI is InChI=1S/C15H26N4O.HI/c1-16-15(18-8-11-19-9-2-3-10-19)17-7-4-12-20-13-14-5-6-14;/h2-3,9-10,14H,4-8,11-13H2,1H3,(H2,16,17,18);1H. The fraction of sp³-hybridized carbons (Fsp3) is 0.667. The molecular formula is C15H27IN4O. The van der Waals surface area contributed by atoms with Crippen LogP contribution in [-0.4, -0.2) is 43.9 Å². The van der Waals surface area contributed by atoms with Gasteiger partial charge in [-0.15, -0.1) is 24.0 Å². The first-order valence-corrected chi connectivity index (χ1v) is 7.51. The highest BCUT2D eigenvalue weighted by atomic mass is 127. The number of guanidine groups is 1. The number of rotatable bonds is 9. The first-order chi connectivity index (χ1) is 9.88. The Labute approximate surface area is 144 Å². The van der Waals surface area contributed by atoms with Gasteiger partial charge in [0.2, 0.25) is 0 Å². The molecule has 1 aromatic rings. The van der Waals surface area contributed by atoms with E-state index in [2.05, 4.69) is 32.6 Å². The van der Waals surface area contributed by atoms with Crippen LogP contribution in [0.2, 0.25) is 0 Å². The van der Waals surface area contributed by atoms with Crippen LogP contribution in [0.3, 0.4) is 0 Å². The minimum absolute atomic E-state index is 0. The van der Waals surface area contributed by atoms with Crippen molar-refractivity contribution in [2.75, 3.05) is 33.4 Å². The number of nitrogens with one attached hydrogen (secondary N) is 2. The van der Waals surface area contributed by atoms with Gasteiger partial charge in [-0.3, -0.25) is 4.99 Å². The van der Waals surface area contributed by atoms with Gasteiger partial charge in [-0.1, -0.05) is 0 Å². The monoisotopic (exact) mass is 406 g/mol. The van der Waals surface area contributed by atoms with Crippen molar-refractivity contribution in [2.45, 2.75) is 25.8 Å². The second kappa shape index (κ2) is 10.9. The Bertz CT molecular complexity index is 390. The summed E-state index contributed by atoms with van der Waals surface area (Å²) < 4.78 is 7.74. The van der Waals surface area contributed by atoms with Crippen molar-refractivity contribution in [2.24, 2.45) is 10.9 Å². The molecule has 1 saturated carbocycles. The third-order valence-corrected chi connectivity index (χ3v) is 3.36. The van der Waals surface area contributed by atoms with E-state index in [4.69, 9.17) is 4.74 Å². The van der Waals surface area contributed by atoms with Crippen LogP contribution >= 0.6 is 24.0 Å². The number of ether oxygens (including phenoxy) is 1. The van der Waals surface area contributed by atoms with Crippen LogP contribution in [0.15, 0.2) is 29.5 Å². The molecule has 0 radical (unpaired) electrons. The van der Waals surface area contributed by atoms with E-state index in [1.54, 1.807) is 7.05 Å². The third kappa shape index (κ3) is 8.31. The first kappa shape index (κ1) is 18.3. The van der Waals surface area contributed by atoms with Crippen LogP contribution in [0, 0.1) is 5.92 Å². The van der Waals surface area contributed by atoms with Crippen LogP contribution in [0.1, 0.15) is 19.3 Å². The van der Waals surface area contributed by atoms with E-state index in [0.29, 0.717) is 0 Å². The summed E-state index contributed by atoms with van der Waals surface area (Å²) in [5.41, 5.74) is 0. The Morgan fingerprint density at radius 2 is 1.95 bits per heavy atom. The van der Waals surface area contributed by atoms with E-state index in [-0.39, 0.29) is 24.0 Å². The van der Waals surface area contributed by atoms with Gasteiger partial charge in [0, 0.05) is 52.3 Å². The van der Waals surface area contributed by atoms with Crippen LogP contribution in [0.5, 0.6) is 0 Å². The van der Waals surface area contributed by atoms with Crippen LogP contribution in [0.25, 0.3) is 0 Å². The second-order valence-electron chi connectivity index (χ2n) is 5.22. The van der Waals surface area contributed by atoms with Crippen LogP contribution in [-0.2, 0) is 11.3 Å². The molecular weight excluding hydrogens is 379 g/mol. The Kier molecular flexibility index (Phi) is 9.49. The fourth-order valence-corrected chi connectivity index (χ4v) is 1.96. The second-order valence-corrected chi connectivity index (χ2v) is 5.22. The lowest BCUT2D eigenvalue weighted by Crippen LogP contribution is -2.39. The molecule has 21 heavy (non-hydrogen) atoms. The average Bonchev–Trinajstić information content (AvgIpc) is 3.14. The molecule has 0 spiro atoms. The topological polar surface area (TPSA) is 50.6 Å². The highest BCUT2D eigenvalue weighted by molar-refractivity contribution is 14.0. The van der Waals surface area contributed by atoms with Crippen molar-refractivity contribution < 1.29 is 4.74 Å².